The second-order valence-electron chi connectivity index (χ2n) is 3.35. The third kappa shape index (κ3) is 1.87. The van der Waals surface area contributed by atoms with Gasteiger partial charge in [0, 0.05) is 0 Å². The first-order valence-electron chi connectivity index (χ1n) is 4.64. The maximum Gasteiger partial charge on any atom is 0.336 e. The van der Waals surface area contributed by atoms with Crippen molar-refractivity contribution in [3.8, 4) is 0 Å². The van der Waals surface area contributed by atoms with Crippen LogP contribution in [0.15, 0.2) is 28.0 Å². The van der Waals surface area contributed by atoms with Gasteiger partial charge in [-0.05, 0) is 30.5 Å². The molecule has 1 atom stereocenters. The van der Waals surface area contributed by atoms with Gasteiger partial charge in [-0.25, -0.2) is 4.79 Å². The maximum atomic E-state index is 10.9. The molecule has 0 amide bonds. The number of hydrogen-bond acceptors (Lipinski definition) is 4. The Bertz CT molecular complexity index is 512. The van der Waals surface area contributed by atoms with Crippen molar-refractivity contribution in [3.05, 3.63) is 45.5 Å². The van der Waals surface area contributed by atoms with Crippen LogP contribution in [0.25, 0.3) is 0 Å². The average Bonchev–Trinajstić information content (AvgIpc) is 2.84. The van der Waals surface area contributed by atoms with E-state index in [-0.39, 0.29) is 5.56 Å². The van der Waals surface area contributed by atoms with E-state index in [9.17, 15) is 9.90 Å². The van der Waals surface area contributed by atoms with E-state index in [0.29, 0.717) is 16.4 Å². The molecule has 0 aliphatic rings. The van der Waals surface area contributed by atoms with E-state index < -0.39 is 12.1 Å². The number of thiophene rings is 1. The average molecular weight is 238 g/mol. The van der Waals surface area contributed by atoms with Crippen molar-refractivity contribution in [2.45, 2.75) is 13.0 Å². The second kappa shape index (κ2) is 4.11. The maximum absolute atomic E-state index is 10.9. The Morgan fingerprint density at radius 1 is 1.44 bits per heavy atom. The molecule has 0 fully saturated rings. The fourth-order valence-electron chi connectivity index (χ4n) is 1.44. The number of carboxylic acids is 1. The lowest BCUT2D eigenvalue weighted by molar-refractivity contribution is 0.0692. The molecule has 0 bridgehead atoms. The van der Waals surface area contributed by atoms with Crippen LogP contribution in [0.4, 0.5) is 0 Å². The summed E-state index contributed by atoms with van der Waals surface area (Å²) in [5.74, 6) is 0.00325. The third-order valence-electron chi connectivity index (χ3n) is 2.20. The van der Waals surface area contributed by atoms with Crippen LogP contribution in [0.2, 0.25) is 0 Å². The topological polar surface area (TPSA) is 70.7 Å². The Morgan fingerprint density at radius 3 is 2.75 bits per heavy atom. The van der Waals surface area contributed by atoms with Gasteiger partial charge in [-0.3, -0.25) is 0 Å². The molecule has 0 aliphatic carbocycles. The summed E-state index contributed by atoms with van der Waals surface area (Å²) in [6, 6.07) is 4.85. The summed E-state index contributed by atoms with van der Waals surface area (Å²) in [6.45, 7) is 1.77. The summed E-state index contributed by atoms with van der Waals surface area (Å²) in [5.41, 5.74) is 0.117. The molecule has 2 rings (SSSR count). The Hall–Kier alpha value is -1.59. The van der Waals surface area contributed by atoms with Crippen LogP contribution in [-0.2, 0) is 0 Å². The number of aliphatic hydroxyl groups excluding tert-OH is 1. The first kappa shape index (κ1) is 10.9. The lowest BCUT2D eigenvalue weighted by Crippen LogP contribution is -2.03. The van der Waals surface area contributed by atoms with Crippen molar-refractivity contribution in [2.24, 2.45) is 0 Å². The van der Waals surface area contributed by atoms with Gasteiger partial charge in [0.15, 0.2) is 0 Å². The van der Waals surface area contributed by atoms with E-state index in [4.69, 9.17) is 9.52 Å². The molecule has 0 saturated heterocycles. The number of rotatable bonds is 3. The fraction of sp³-hybridized carbons (Fsp3) is 0.182. The molecule has 0 saturated carbocycles. The molecule has 84 valence electrons. The van der Waals surface area contributed by atoms with Gasteiger partial charge in [-0.1, -0.05) is 0 Å². The Balaban J connectivity index is 2.37. The fourth-order valence-corrected chi connectivity index (χ4v) is 2.32. The van der Waals surface area contributed by atoms with Gasteiger partial charge in [0.2, 0.25) is 0 Å². The predicted octanol–water partition coefficient (Wildman–Crippen LogP) is 2.43. The molecular weight excluding hydrogens is 228 g/mol. The van der Waals surface area contributed by atoms with E-state index in [0.717, 1.165) is 0 Å². The minimum absolute atomic E-state index is 0.117. The zero-order chi connectivity index (χ0) is 11.7. The highest BCUT2D eigenvalue weighted by Gasteiger charge is 2.22. The summed E-state index contributed by atoms with van der Waals surface area (Å²) in [7, 11) is 0. The van der Waals surface area contributed by atoms with Crippen molar-refractivity contribution >= 4 is 17.3 Å². The molecule has 2 aromatic heterocycles. The summed E-state index contributed by atoms with van der Waals surface area (Å²) in [4.78, 5) is 11.3. The van der Waals surface area contributed by atoms with Crippen LogP contribution in [0.1, 0.15) is 32.9 Å². The van der Waals surface area contributed by atoms with E-state index in [1.165, 1.54) is 17.4 Å². The molecule has 2 heterocycles. The van der Waals surface area contributed by atoms with Gasteiger partial charge in [0.1, 0.15) is 17.6 Å². The van der Waals surface area contributed by atoms with Crippen LogP contribution in [0.3, 0.4) is 0 Å². The van der Waals surface area contributed by atoms with E-state index in [1.807, 2.05) is 0 Å². The number of aliphatic hydroxyl groups is 1. The number of carboxylic acid groups (broad SMARTS) is 1. The van der Waals surface area contributed by atoms with Crippen LogP contribution < -0.4 is 0 Å². The van der Waals surface area contributed by atoms with Crippen LogP contribution in [0.5, 0.6) is 0 Å². The highest BCUT2D eigenvalue weighted by atomic mass is 32.1. The smallest absolute Gasteiger partial charge is 0.336 e. The highest BCUT2D eigenvalue weighted by molar-refractivity contribution is 7.10. The highest BCUT2D eigenvalue weighted by Crippen LogP contribution is 2.30. The van der Waals surface area contributed by atoms with Gasteiger partial charge in [0.05, 0.1) is 10.4 Å². The van der Waals surface area contributed by atoms with Crippen LogP contribution in [0, 0.1) is 6.92 Å². The molecule has 2 aromatic rings. The molecular formula is C11H10O4S. The molecule has 1 unspecified atom stereocenters. The number of furan rings is 1. The van der Waals surface area contributed by atoms with Gasteiger partial charge < -0.3 is 14.6 Å². The molecule has 0 aromatic carbocycles. The molecule has 5 heteroatoms. The summed E-state index contributed by atoms with van der Waals surface area (Å²) in [5, 5.41) is 20.5. The van der Waals surface area contributed by atoms with E-state index in [2.05, 4.69) is 0 Å². The SMILES string of the molecule is Cc1ccc(C(O)c2sccc2C(=O)O)o1. The molecule has 0 radical (unpaired) electrons. The van der Waals surface area contributed by atoms with Gasteiger partial charge >= 0.3 is 5.97 Å². The summed E-state index contributed by atoms with van der Waals surface area (Å²) >= 11 is 1.20. The minimum atomic E-state index is -1.04. The standard InChI is InChI=1S/C11H10O4S/c1-6-2-3-8(15-6)9(12)10-7(11(13)14)4-5-16-10/h2-5,9,12H,1H3,(H,13,14). The quantitative estimate of drug-likeness (QED) is 0.861. The largest absolute Gasteiger partial charge is 0.478 e. The minimum Gasteiger partial charge on any atom is -0.478 e. The molecule has 16 heavy (non-hydrogen) atoms. The normalized spacial score (nSPS) is 12.6. The number of aryl methyl sites for hydroxylation is 1. The summed E-state index contributed by atoms with van der Waals surface area (Å²) in [6.07, 6.45) is -1.01. The second-order valence-corrected chi connectivity index (χ2v) is 4.30. The lowest BCUT2D eigenvalue weighted by Gasteiger charge is -2.06. The Morgan fingerprint density at radius 2 is 2.19 bits per heavy atom. The zero-order valence-electron chi connectivity index (χ0n) is 8.51. The van der Waals surface area contributed by atoms with E-state index in [1.54, 1.807) is 24.4 Å². The molecule has 2 N–H and O–H groups in total. The van der Waals surface area contributed by atoms with Gasteiger partial charge in [-0.15, -0.1) is 11.3 Å². The summed E-state index contributed by atoms with van der Waals surface area (Å²) < 4.78 is 5.27. The number of hydrogen-bond donors (Lipinski definition) is 2. The van der Waals surface area contributed by atoms with Crippen molar-refractivity contribution in [1.82, 2.24) is 0 Å². The predicted molar refractivity (Wildman–Crippen MR) is 58.8 cm³/mol. The third-order valence-corrected chi connectivity index (χ3v) is 3.17. The molecule has 0 spiro atoms. The van der Waals surface area contributed by atoms with Crippen molar-refractivity contribution in [1.29, 1.82) is 0 Å². The first-order chi connectivity index (χ1) is 7.59. The Kier molecular flexibility index (Phi) is 2.80. The Labute approximate surface area is 95.8 Å². The van der Waals surface area contributed by atoms with Crippen LogP contribution >= 0.6 is 11.3 Å². The van der Waals surface area contributed by atoms with Crippen molar-refractivity contribution < 1.29 is 19.4 Å². The lowest BCUT2D eigenvalue weighted by atomic mass is 10.1. The van der Waals surface area contributed by atoms with Crippen molar-refractivity contribution in [2.75, 3.05) is 0 Å². The zero-order valence-corrected chi connectivity index (χ0v) is 9.32. The monoisotopic (exact) mass is 238 g/mol. The molecule has 0 aliphatic heterocycles. The van der Waals surface area contributed by atoms with Gasteiger partial charge in [-0.2, -0.15) is 0 Å². The number of aromatic carboxylic acids is 1. The van der Waals surface area contributed by atoms with Gasteiger partial charge in [0.25, 0.3) is 0 Å². The first-order valence-corrected chi connectivity index (χ1v) is 5.52. The molecule has 4 nitrogen and oxygen atoms in total. The van der Waals surface area contributed by atoms with Crippen LogP contribution in [-0.4, -0.2) is 16.2 Å². The van der Waals surface area contributed by atoms with E-state index >= 15 is 0 Å². The number of carbonyl (C=O) groups is 1. The van der Waals surface area contributed by atoms with Crippen molar-refractivity contribution in [3.63, 3.8) is 0 Å².